The van der Waals surface area contributed by atoms with E-state index in [1.54, 1.807) is 18.4 Å². The van der Waals surface area contributed by atoms with Crippen molar-refractivity contribution in [2.24, 2.45) is 0 Å². The Hall–Kier alpha value is -2.50. The lowest BCUT2D eigenvalue weighted by atomic mass is 10.2. The molecule has 0 radical (unpaired) electrons. The van der Waals surface area contributed by atoms with Gasteiger partial charge in [0.25, 0.3) is 0 Å². The fraction of sp³-hybridized carbons (Fsp3) is 0.231. The van der Waals surface area contributed by atoms with Crippen LogP contribution >= 0.6 is 0 Å². The van der Waals surface area contributed by atoms with Gasteiger partial charge in [0.1, 0.15) is 17.1 Å². The zero-order valence-electron chi connectivity index (χ0n) is 10.7. The Labute approximate surface area is 110 Å². The molecule has 2 heterocycles. The predicted octanol–water partition coefficient (Wildman–Crippen LogP) is 2.08. The maximum absolute atomic E-state index is 11.5. The summed E-state index contributed by atoms with van der Waals surface area (Å²) < 4.78 is 14.9. The average Bonchev–Trinajstić information content (AvgIpc) is 2.97. The molecule has 0 aromatic carbocycles. The summed E-state index contributed by atoms with van der Waals surface area (Å²) in [5.41, 5.74) is 0.286. The fourth-order valence-electron chi connectivity index (χ4n) is 1.55. The van der Waals surface area contributed by atoms with Crippen molar-refractivity contribution >= 4 is 11.8 Å². The summed E-state index contributed by atoms with van der Waals surface area (Å²) in [6.45, 7) is 0.501. The number of methoxy groups -OCH3 is 2. The van der Waals surface area contributed by atoms with Crippen LogP contribution in [0.1, 0.15) is 16.1 Å². The molecule has 0 aliphatic heterocycles. The number of rotatable bonds is 5. The first-order chi connectivity index (χ1) is 9.24. The number of ether oxygens (including phenoxy) is 2. The van der Waals surface area contributed by atoms with Gasteiger partial charge in [0.15, 0.2) is 0 Å². The standard InChI is InChI=1S/C13H14N2O4/c1-17-12-10(13(16)18-2)5-6-11(15-12)14-8-9-4-3-7-19-9/h3-7H,8H2,1-2H3,(H,14,15). The van der Waals surface area contributed by atoms with E-state index in [0.29, 0.717) is 12.4 Å². The molecule has 0 amide bonds. The molecule has 0 aliphatic carbocycles. The van der Waals surface area contributed by atoms with Crippen LogP contribution in [-0.4, -0.2) is 25.2 Å². The second-order valence-corrected chi connectivity index (χ2v) is 3.68. The molecular weight excluding hydrogens is 248 g/mol. The Kier molecular flexibility index (Phi) is 4.02. The third kappa shape index (κ3) is 3.04. The van der Waals surface area contributed by atoms with Crippen LogP contribution in [0, 0.1) is 0 Å². The van der Waals surface area contributed by atoms with E-state index in [1.807, 2.05) is 12.1 Å². The van der Waals surface area contributed by atoms with Gasteiger partial charge in [-0.15, -0.1) is 0 Å². The van der Waals surface area contributed by atoms with Crippen LogP contribution in [0.25, 0.3) is 0 Å². The molecule has 0 fully saturated rings. The Morgan fingerprint density at radius 2 is 2.21 bits per heavy atom. The van der Waals surface area contributed by atoms with Crippen LogP contribution in [-0.2, 0) is 11.3 Å². The molecule has 0 bridgehead atoms. The van der Waals surface area contributed by atoms with Crippen molar-refractivity contribution in [3.05, 3.63) is 41.9 Å². The van der Waals surface area contributed by atoms with Gasteiger partial charge in [-0.1, -0.05) is 0 Å². The molecular formula is C13H14N2O4. The lowest BCUT2D eigenvalue weighted by Crippen LogP contribution is -2.07. The first-order valence-electron chi connectivity index (χ1n) is 5.64. The van der Waals surface area contributed by atoms with Gasteiger partial charge in [-0.25, -0.2) is 4.79 Å². The molecule has 0 saturated carbocycles. The molecule has 2 aromatic heterocycles. The molecule has 19 heavy (non-hydrogen) atoms. The van der Waals surface area contributed by atoms with Gasteiger partial charge in [-0.3, -0.25) is 0 Å². The third-order valence-electron chi connectivity index (χ3n) is 2.48. The maximum atomic E-state index is 11.5. The summed E-state index contributed by atoms with van der Waals surface area (Å²) >= 11 is 0. The van der Waals surface area contributed by atoms with Crippen LogP contribution < -0.4 is 10.1 Å². The highest BCUT2D eigenvalue weighted by atomic mass is 16.5. The smallest absolute Gasteiger partial charge is 0.343 e. The lowest BCUT2D eigenvalue weighted by molar-refractivity contribution is 0.0596. The van der Waals surface area contributed by atoms with E-state index < -0.39 is 5.97 Å². The first-order valence-corrected chi connectivity index (χ1v) is 5.64. The summed E-state index contributed by atoms with van der Waals surface area (Å²) in [5.74, 6) is 1.11. The molecule has 2 aromatic rings. The number of anilines is 1. The third-order valence-corrected chi connectivity index (χ3v) is 2.48. The number of hydrogen-bond acceptors (Lipinski definition) is 6. The fourth-order valence-corrected chi connectivity index (χ4v) is 1.55. The highest BCUT2D eigenvalue weighted by Gasteiger charge is 2.14. The van der Waals surface area contributed by atoms with E-state index in [9.17, 15) is 4.79 Å². The summed E-state index contributed by atoms with van der Waals surface area (Å²) in [5, 5.41) is 3.07. The second-order valence-electron chi connectivity index (χ2n) is 3.68. The zero-order chi connectivity index (χ0) is 13.7. The molecule has 2 rings (SSSR count). The predicted molar refractivity (Wildman–Crippen MR) is 68.2 cm³/mol. The largest absolute Gasteiger partial charge is 0.480 e. The Balaban J connectivity index is 2.12. The van der Waals surface area contributed by atoms with Crippen molar-refractivity contribution in [2.45, 2.75) is 6.54 Å². The van der Waals surface area contributed by atoms with Crippen molar-refractivity contribution < 1.29 is 18.7 Å². The van der Waals surface area contributed by atoms with Crippen LogP contribution in [0.15, 0.2) is 34.9 Å². The van der Waals surface area contributed by atoms with E-state index in [-0.39, 0.29) is 11.4 Å². The molecule has 0 spiro atoms. The molecule has 0 atom stereocenters. The van der Waals surface area contributed by atoms with Crippen molar-refractivity contribution in [1.82, 2.24) is 4.98 Å². The molecule has 6 nitrogen and oxygen atoms in total. The van der Waals surface area contributed by atoms with Crippen LogP contribution in [0.4, 0.5) is 5.82 Å². The van der Waals surface area contributed by atoms with Gasteiger partial charge < -0.3 is 19.2 Å². The normalized spacial score (nSPS) is 10.0. The van der Waals surface area contributed by atoms with E-state index in [1.165, 1.54) is 14.2 Å². The van der Waals surface area contributed by atoms with Gasteiger partial charge in [-0.2, -0.15) is 4.98 Å². The summed E-state index contributed by atoms with van der Waals surface area (Å²) in [4.78, 5) is 15.7. The first kappa shape index (κ1) is 12.9. The molecule has 100 valence electrons. The van der Waals surface area contributed by atoms with Crippen LogP contribution in [0.2, 0.25) is 0 Å². The number of nitrogens with zero attached hydrogens (tertiary/aromatic N) is 1. The van der Waals surface area contributed by atoms with Crippen molar-refractivity contribution in [3.8, 4) is 5.88 Å². The number of hydrogen-bond donors (Lipinski definition) is 1. The maximum Gasteiger partial charge on any atom is 0.343 e. The number of nitrogens with one attached hydrogen (secondary N) is 1. The van der Waals surface area contributed by atoms with Crippen LogP contribution in [0.3, 0.4) is 0 Å². The Morgan fingerprint density at radius 1 is 1.37 bits per heavy atom. The highest BCUT2D eigenvalue weighted by Crippen LogP contribution is 2.19. The Bertz CT molecular complexity index is 552. The average molecular weight is 262 g/mol. The quantitative estimate of drug-likeness (QED) is 0.832. The van der Waals surface area contributed by atoms with Gasteiger partial charge >= 0.3 is 5.97 Å². The number of esters is 1. The summed E-state index contributed by atoms with van der Waals surface area (Å²) in [6, 6.07) is 6.94. The van der Waals surface area contributed by atoms with E-state index in [4.69, 9.17) is 9.15 Å². The van der Waals surface area contributed by atoms with Gasteiger partial charge in [0.05, 0.1) is 27.0 Å². The number of furan rings is 1. The van der Waals surface area contributed by atoms with E-state index in [0.717, 1.165) is 5.76 Å². The molecule has 0 aliphatic rings. The molecule has 0 saturated heterocycles. The summed E-state index contributed by atoms with van der Waals surface area (Å²) in [6.07, 6.45) is 1.60. The molecule has 0 unspecified atom stereocenters. The number of aromatic nitrogens is 1. The van der Waals surface area contributed by atoms with Gasteiger partial charge in [0.2, 0.25) is 5.88 Å². The van der Waals surface area contributed by atoms with Crippen molar-refractivity contribution in [2.75, 3.05) is 19.5 Å². The van der Waals surface area contributed by atoms with Crippen molar-refractivity contribution in [1.29, 1.82) is 0 Å². The van der Waals surface area contributed by atoms with Gasteiger partial charge in [0, 0.05) is 0 Å². The minimum absolute atomic E-state index is 0.219. The minimum atomic E-state index is -0.484. The molecule has 1 N–H and O–H groups in total. The Morgan fingerprint density at radius 3 is 2.84 bits per heavy atom. The minimum Gasteiger partial charge on any atom is -0.480 e. The topological polar surface area (TPSA) is 73.6 Å². The lowest BCUT2D eigenvalue weighted by Gasteiger charge is -2.09. The number of carbonyl (C=O) groups is 1. The van der Waals surface area contributed by atoms with E-state index >= 15 is 0 Å². The number of carbonyl (C=O) groups excluding carboxylic acids is 1. The zero-order valence-corrected chi connectivity index (χ0v) is 10.7. The van der Waals surface area contributed by atoms with Gasteiger partial charge in [-0.05, 0) is 24.3 Å². The van der Waals surface area contributed by atoms with E-state index in [2.05, 4.69) is 15.0 Å². The monoisotopic (exact) mass is 262 g/mol. The van der Waals surface area contributed by atoms with Crippen LogP contribution in [0.5, 0.6) is 5.88 Å². The van der Waals surface area contributed by atoms with Crippen molar-refractivity contribution in [3.63, 3.8) is 0 Å². The number of pyridine rings is 1. The SMILES string of the molecule is COC(=O)c1ccc(NCc2ccco2)nc1OC. The molecule has 6 heteroatoms. The summed E-state index contributed by atoms with van der Waals surface area (Å²) in [7, 11) is 2.76. The second kappa shape index (κ2) is 5.90. The highest BCUT2D eigenvalue weighted by molar-refractivity contribution is 5.92.